The van der Waals surface area contributed by atoms with Crippen LogP contribution < -0.4 is 5.32 Å². The Labute approximate surface area is 147 Å². The third-order valence-corrected chi connectivity index (χ3v) is 4.59. The van der Waals surface area contributed by atoms with Crippen LogP contribution in [0.3, 0.4) is 0 Å². The Hall–Kier alpha value is -1.33. The van der Waals surface area contributed by atoms with Crippen LogP contribution in [0.15, 0.2) is 45.4 Å². The minimum Gasteiger partial charge on any atom is -0.377 e. The molecule has 23 heavy (non-hydrogen) atoms. The van der Waals surface area contributed by atoms with Crippen molar-refractivity contribution in [3.63, 3.8) is 0 Å². The molecule has 1 N–H and O–H groups in total. The Kier molecular flexibility index (Phi) is 7.62. The molecule has 0 fully saturated rings. The Morgan fingerprint density at radius 1 is 1.39 bits per heavy atom. The topological polar surface area (TPSA) is 36.9 Å². The first kappa shape index (κ1) is 18.0. The number of guanidine groups is 1. The van der Waals surface area contributed by atoms with E-state index in [9.17, 15) is 0 Å². The summed E-state index contributed by atoms with van der Waals surface area (Å²) in [6.07, 6.45) is 4.25. The van der Waals surface area contributed by atoms with Crippen LogP contribution in [0, 0.1) is 0 Å². The van der Waals surface area contributed by atoms with E-state index in [1.54, 1.807) is 0 Å². The van der Waals surface area contributed by atoms with E-state index in [2.05, 4.69) is 64.4 Å². The standard InChI is InChI=1S/C18H26BrN3O/c1-3-20-18(21-11-8-15-9-12-23-13-10-15)22(2)14-16-6-4-5-7-17(16)19/h4-7,9H,3,8,10-14H2,1-2H3,(H,20,21). The number of hydrogen-bond donors (Lipinski definition) is 1. The number of hydrogen-bond acceptors (Lipinski definition) is 2. The summed E-state index contributed by atoms with van der Waals surface area (Å²) in [5.41, 5.74) is 2.72. The van der Waals surface area contributed by atoms with E-state index < -0.39 is 0 Å². The van der Waals surface area contributed by atoms with Gasteiger partial charge in [0.1, 0.15) is 0 Å². The van der Waals surface area contributed by atoms with Crippen molar-refractivity contribution in [2.24, 2.45) is 4.99 Å². The van der Waals surface area contributed by atoms with Crippen molar-refractivity contribution in [3.05, 3.63) is 46.0 Å². The predicted octanol–water partition coefficient (Wildman–Crippen LogP) is 3.58. The van der Waals surface area contributed by atoms with Gasteiger partial charge in [-0.05, 0) is 31.4 Å². The Bertz CT molecular complexity index is 557. The molecule has 5 heteroatoms. The highest BCUT2D eigenvalue weighted by Gasteiger charge is 2.09. The molecule has 0 radical (unpaired) electrons. The lowest BCUT2D eigenvalue weighted by Gasteiger charge is -2.23. The molecule has 126 valence electrons. The molecule has 0 amide bonds. The summed E-state index contributed by atoms with van der Waals surface area (Å²) in [5.74, 6) is 0.955. The van der Waals surface area contributed by atoms with Crippen molar-refractivity contribution in [1.29, 1.82) is 0 Å². The van der Waals surface area contributed by atoms with E-state index in [0.717, 1.165) is 56.1 Å². The van der Waals surface area contributed by atoms with E-state index in [1.807, 2.05) is 6.07 Å². The fourth-order valence-electron chi connectivity index (χ4n) is 2.52. The first-order valence-corrected chi connectivity index (χ1v) is 8.98. The highest BCUT2D eigenvalue weighted by atomic mass is 79.9. The second kappa shape index (κ2) is 9.73. The fraction of sp³-hybridized carbons (Fsp3) is 0.500. The summed E-state index contributed by atoms with van der Waals surface area (Å²) in [7, 11) is 2.08. The minimum atomic E-state index is 0.751. The molecule has 1 aliphatic rings. The maximum Gasteiger partial charge on any atom is 0.193 e. The third-order valence-electron chi connectivity index (χ3n) is 3.81. The van der Waals surface area contributed by atoms with Gasteiger partial charge in [0.25, 0.3) is 0 Å². The molecule has 1 aliphatic heterocycles. The van der Waals surface area contributed by atoms with E-state index in [-0.39, 0.29) is 0 Å². The van der Waals surface area contributed by atoms with E-state index in [1.165, 1.54) is 11.1 Å². The summed E-state index contributed by atoms with van der Waals surface area (Å²) in [4.78, 5) is 6.94. The monoisotopic (exact) mass is 379 g/mol. The fourth-order valence-corrected chi connectivity index (χ4v) is 2.93. The van der Waals surface area contributed by atoms with E-state index in [0.29, 0.717) is 0 Å². The van der Waals surface area contributed by atoms with Gasteiger partial charge in [0, 0.05) is 31.2 Å². The molecule has 0 spiro atoms. The van der Waals surface area contributed by atoms with Crippen molar-refractivity contribution in [3.8, 4) is 0 Å². The molecular weight excluding hydrogens is 354 g/mol. The molecule has 0 saturated heterocycles. The molecule has 0 unspecified atom stereocenters. The van der Waals surface area contributed by atoms with Crippen molar-refractivity contribution in [2.45, 2.75) is 26.3 Å². The molecule has 0 aromatic heterocycles. The Morgan fingerprint density at radius 2 is 2.22 bits per heavy atom. The summed E-state index contributed by atoms with van der Waals surface area (Å²) in [5, 5.41) is 3.38. The highest BCUT2D eigenvalue weighted by molar-refractivity contribution is 9.10. The Balaban J connectivity index is 1.94. The average molecular weight is 380 g/mol. The largest absolute Gasteiger partial charge is 0.377 e. The normalized spacial score (nSPS) is 15.3. The van der Waals surface area contributed by atoms with Gasteiger partial charge < -0.3 is 15.0 Å². The maximum atomic E-state index is 5.34. The lowest BCUT2D eigenvalue weighted by molar-refractivity contribution is 0.153. The zero-order valence-electron chi connectivity index (χ0n) is 14.0. The minimum absolute atomic E-state index is 0.751. The quantitative estimate of drug-likeness (QED) is 0.466. The number of nitrogens with one attached hydrogen (secondary N) is 1. The number of nitrogens with zero attached hydrogens (tertiary/aromatic N) is 2. The lowest BCUT2D eigenvalue weighted by Crippen LogP contribution is -2.38. The van der Waals surface area contributed by atoms with Gasteiger partial charge in [-0.2, -0.15) is 0 Å². The second-order valence-electron chi connectivity index (χ2n) is 5.62. The second-order valence-corrected chi connectivity index (χ2v) is 6.47. The Morgan fingerprint density at radius 3 is 2.91 bits per heavy atom. The van der Waals surface area contributed by atoms with Crippen LogP contribution in [0.4, 0.5) is 0 Å². The molecule has 0 aliphatic carbocycles. The number of halogens is 1. The van der Waals surface area contributed by atoms with Gasteiger partial charge >= 0.3 is 0 Å². The van der Waals surface area contributed by atoms with Gasteiger partial charge in [-0.3, -0.25) is 4.99 Å². The van der Waals surface area contributed by atoms with Gasteiger partial charge in [-0.15, -0.1) is 0 Å². The van der Waals surface area contributed by atoms with E-state index in [4.69, 9.17) is 9.73 Å². The summed E-state index contributed by atoms with van der Waals surface area (Å²) >= 11 is 3.61. The van der Waals surface area contributed by atoms with Crippen LogP contribution >= 0.6 is 15.9 Å². The zero-order chi connectivity index (χ0) is 16.5. The van der Waals surface area contributed by atoms with Gasteiger partial charge in [0.15, 0.2) is 5.96 Å². The number of rotatable bonds is 6. The lowest BCUT2D eigenvalue weighted by atomic mass is 10.1. The summed E-state index contributed by atoms with van der Waals surface area (Å²) < 4.78 is 6.48. The first-order chi connectivity index (χ1) is 11.2. The highest BCUT2D eigenvalue weighted by Crippen LogP contribution is 2.17. The van der Waals surface area contributed by atoms with E-state index >= 15 is 0 Å². The van der Waals surface area contributed by atoms with Crippen molar-refractivity contribution >= 4 is 21.9 Å². The van der Waals surface area contributed by atoms with Crippen LogP contribution in [0.2, 0.25) is 0 Å². The van der Waals surface area contributed by atoms with Crippen molar-refractivity contribution in [2.75, 3.05) is 33.4 Å². The predicted molar refractivity (Wildman–Crippen MR) is 99.7 cm³/mol. The average Bonchev–Trinajstić information content (AvgIpc) is 2.57. The summed E-state index contributed by atoms with van der Waals surface area (Å²) in [6, 6.07) is 8.31. The first-order valence-electron chi connectivity index (χ1n) is 8.19. The smallest absolute Gasteiger partial charge is 0.193 e. The molecule has 1 aromatic carbocycles. The van der Waals surface area contributed by atoms with Crippen LogP contribution in [0.1, 0.15) is 25.3 Å². The van der Waals surface area contributed by atoms with Crippen molar-refractivity contribution < 1.29 is 4.74 Å². The zero-order valence-corrected chi connectivity index (χ0v) is 15.6. The molecule has 0 atom stereocenters. The molecule has 1 aromatic rings. The molecule has 4 nitrogen and oxygen atoms in total. The number of benzene rings is 1. The summed E-state index contributed by atoms with van der Waals surface area (Å²) in [6.45, 7) is 6.20. The third kappa shape index (κ3) is 5.99. The van der Waals surface area contributed by atoms with Gasteiger partial charge in [0.05, 0.1) is 13.2 Å². The molecule has 0 bridgehead atoms. The van der Waals surface area contributed by atoms with Crippen LogP contribution in [0.5, 0.6) is 0 Å². The van der Waals surface area contributed by atoms with Gasteiger partial charge in [-0.1, -0.05) is 45.8 Å². The number of aliphatic imine (C=N–C) groups is 1. The van der Waals surface area contributed by atoms with Crippen LogP contribution in [0.25, 0.3) is 0 Å². The van der Waals surface area contributed by atoms with Gasteiger partial charge in [-0.25, -0.2) is 0 Å². The van der Waals surface area contributed by atoms with Crippen LogP contribution in [-0.2, 0) is 11.3 Å². The van der Waals surface area contributed by atoms with Crippen LogP contribution in [-0.4, -0.2) is 44.2 Å². The molecular formula is C18H26BrN3O. The maximum absolute atomic E-state index is 5.34. The number of ether oxygens (including phenoxy) is 1. The molecule has 1 heterocycles. The van der Waals surface area contributed by atoms with Crippen molar-refractivity contribution in [1.82, 2.24) is 10.2 Å². The molecule has 0 saturated carbocycles. The van der Waals surface area contributed by atoms with Gasteiger partial charge in [0.2, 0.25) is 0 Å². The molecule has 2 rings (SSSR count). The SMILES string of the molecule is CCNC(=NCCC1=CCOCC1)N(C)Cc1ccccc1Br.